The van der Waals surface area contributed by atoms with E-state index < -0.39 is 0 Å². The first-order valence-electron chi connectivity index (χ1n) is 10.7. The minimum absolute atomic E-state index is 0.0414. The number of fused-ring (bicyclic) bond motifs is 1. The fourth-order valence-electron chi connectivity index (χ4n) is 4.10. The lowest BCUT2D eigenvalue weighted by molar-refractivity contribution is 0.214. The molecule has 1 atom stereocenters. The summed E-state index contributed by atoms with van der Waals surface area (Å²) >= 11 is 0. The summed E-state index contributed by atoms with van der Waals surface area (Å²) < 4.78 is 17.6. The van der Waals surface area contributed by atoms with Gasteiger partial charge in [0.05, 0.1) is 13.7 Å². The van der Waals surface area contributed by atoms with Gasteiger partial charge in [0.2, 0.25) is 0 Å². The number of guanidine groups is 2. The summed E-state index contributed by atoms with van der Waals surface area (Å²) in [5.41, 5.74) is 14.5. The molecule has 0 spiro atoms. The quantitative estimate of drug-likeness (QED) is 0.400. The molecule has 2 aliphatic heterocycles. The minimum Gasteiger partial charge on any atom is -0.493 e. The number of nitrogens with zero attached hydrogens (tertiary/aromatic N) is 2. The van der Waals surface area contributed by atoms with Gasteiger partial charge < -0.3 is 35.5 Å². The second kappa shape index (κ2) is 9.25. The van der Waals surface area contributed by atoms with Crippen LogP contribution in [0.4, 0.5) is 0 Å². The number of ether oxygens (including phenoxy) is 3. The summed E-state index contributed by atoms with van der Waals surface area (Å²) in [6.45, 7) is 3.13. The lowest BCUT2D eigenvalue weighted by Crippen LogP contribution is -2.40. The molecule has 0 aromatic heterocycles. The van der Waals surface area contributed by atoms with Crippen molar-refractivity contribution in [2.75, 3.05) is 26.7 Å². The third kappa shape index (κ3) is 4.82. The van der Waals surface area contributed by atoms with Crippen LogP contribution in [0.2, 0.25) is 0 Å². The molecule has 1 unspecified atom stereocenters. The zero-order valence-electron chi connectivity index (χ0n) is 18.3. The van der Waals surface area contributed by atoms with E-state index in [0.29, 0.717) is 31.2 Å². The molecule has 6 N–H and O–H groups in total. The maximum atomic E-state index is 7.66. The molecule has 2 aliphatic rings. The van der Waals surface area contributed by atoms with Crippen LogP contribution in [0.3, 0.4) is 0 Å². The predicted molar refractivity (Wildman–Crippen MR) is 122 cm³/mol. The van der Waals surface area contributed by atoms with Crippen LogP contribution in [-0.4, -0.2) is 54.6 Å². The van der Waals surface area contributed by atoms with Crippen LogP contribution in [0.5, 0.6) is 17.2 Å². The minimum atomic E-state index is 0.0414. The van der Waals surface area contributed by atoms with E-state index in [1.807, 2.05) is 46.2 Å². The largest absolute Gasteiger partial charge is 0.493 e. The molecule has 2 aromatic carbocycles. The van der Waals surface area contributed by atoms with E-state index in [1.165, 1.54) is 5.56 Å². The van der Waals surface area contributed by atoms with Crippen molar-refractivity contribution in [2.24, 2.45) is 11.5 Å². The standard InChI is InChI=1S/C23H30N6O3/c1-30-20-11-17-12-28(22(24)25)8-6-16(17)10-21(20)31-14-15-2-4-18(5-3-15)32-19-7-9-29(13-19)23(26)27/h2-5,10-11,19H,6-9,12-14H2,1H3,(H3,24,25)(H3,26,27). The molecule has 0 aliphatic carbocycles. The highest BCUT2D eigenvalue weighted by Crippen LogP contribution is 2.34. The van der Waals surface area contributed by atoms with Crippen LogP contribution >= 0.6 is 0 Å². The molecule has 9 nitrogen and oxygen atoms in total. The molecule has 9 heteroatoms. The Morgan fingerprint density at radius 2 is 1.72 bits per heavy atom. The highest BCUT2D eigenvalue weighted by molar-refractivity contribution is 5.75. The van der Waals surface area contributed by atoms with Gasteiger partial charge in [0, 0.05) is 26.1 Å². The van der Waals surface area contributed by atoms with Crippen LogP contribution in [0.25, 0.3) is 0 Å². The van der Waals surface area contributed by atoms with E-state index in [2.05, 4.69) is 0 Å². The molecule has 32 heavy (non-hydrogen) atoms. The number of likely N-dealkylation sites (tertiary alicyclic amines) is 1. The van der Waals surface area contributed by atoms with Crippen LogP contribution in [0, 0.1) is 10.8 Å². The number of hydrogen-bond acceptors (Lipinski definition) is 5. The molecular weight excluding hydrogens is 408 g/mol. The number of nitrogens with one attached hydrogen (secondary N) is 2. The van der Waals surface area contributed by atoms with E-state index in [9.17, 15) is 0 Å². The molecule has 4 rings (SSSR count). The van der Waals surface area contributed by atoms with Crippen molar-refractivity contribution in [3.63, 3.8) is 0 Å². The highest BCUT2D eigenvalue weighted by Gasteiger charge is 2.25. The summed E-state index contributed by atoms with van der Waals surface area (Å²) in [5, 5.41) is 15.2. The Morgan fingerprint density at radius 3 is 2.38 bits per heavy atom. The molecule has 170 valence electrons. The number of methoxy groups -OCH3 is 1. The lowest BCUT2D eigenvalue weighted by atomic mass is 9.99. The number of nitrogens with two attached hydrogens (primary N) is 2. The van der Waals surface area contributed by atoms with E-state index in [-0.39, 0.29) is 18.0 Å². The highest BCUT2D eigenvalue weighted by atomic mass is 16.5. The first kappa shape index (κ1) is 21.6. The van der Waals surface area contributed by atoms with Crippen molar-refractivity contribution in [1.82, 2.24) is 9.80 Å². The van der Waals surface area contributed by atoms with Crippen molar-refractivity contribution < 1.29 is 14.2 Å². The van der Waals surface area contributed by atoms with Crippen LogP contribution in [0.15, 0.2) is 36.4 Å². The second-order valence-corrected chi connectivity index (χ2v) is 8.12. The molecule has 0 amide bonds. The maximum absolute atomic E-state index is 7.66. The average Bonchev–Trinajstić information content (AvgIpc) is 3.26. The number of benzene rings is 2. The van der Waals surface area contributed by atoms with E-state index in [0.717, 1.165) is 42.8 Å². The zero-order valence-corrected chi connectivity index (χ0v) is 18.3. The molecule has 2 aromatic rings. The second-order valence-electron chi connectivity index (χ2n) is 8.12. The van der Waals surface area contributed by atoms with Crippen LogP contribution in [0.1, 0.15) is 23.1 Å². The molecule has 1 saturated heterocycles. The Kier molecular flexibility index (Phi) is 6.25. The lowest BCUT2D eigenvalue weighted by Gasteiger charge is -2.29. The molecular formula is C23H30N6O3. The predicted octanol–water partition coefficient (Wildman–Crippen LogP) is 1.87. The Labute approximate surface area is 187 Å². The fourth-order valence-corrected chi connectivity index (χ4v) is 4.10. The summed E-state index contributed by atoms with van der Waals surface area (Å²) in [6, 6.07) is 11.9. The summed E-state index contributed by atoms with van der Waals surface area (Å²) in [5.74, 6) is 2.36. The van der Waals surface area contributed by atoms with E-state index in [4.69, 9.17) is 36.5 Å². The van der Waals surface area contributed by atoms with E-state index >= 15 is 0 Å². The number of hydrogen-bond donors (Lipinski definition) is 4. The van der Waals surface area contributed by atoms with Crippen molar-refractivity contribution in [1.29, 1.82) is 10.8 Å². The zero-order chi connectivity index (χ0) is 22.7. The van der Waals surface area contributed by atoms with E-state index in [1.54, 1.807) is 7.11 Å². The third-order valence-corrected chi connectivity index (χ3v) is 5.94. The Bertz CT molecular complexity index is 994. The smallest absolute Gasteiger partial charge is 0.188 e. The van der Waals surface area contributed by atoms with Crippen LogP contribution < -0.4 is 25.7 Å². The molecule has 2 heterocycles. The van der Waals surface area contributed by atoms with Gasteiger partial charge in [-0.3, -0.25) is 10.8 Å². The Balaban J connectivity index is 1.36. The third-order valence-electron chi connectivity index (χ3n) is 5.94. The van der Waals surface area contributed by atoms with Crippen molar-refractivity contribution >= 4 is 11.9 Å². The number of rotatable bonds is 6. The van der Waals surface area contributed by atoms with Gasteiger partial charge in [-0.25, -0.2) is 0 Å². The normalized spacial score (nSPS) is 17.6. The average molecular weight is 439 g/mol. The van der Waals surface area contributed by atoms with Gasteiger partial charge in [0.15, 0.2) is 23.4 Å². The molecule has 0 saturated carbocycles. The SMILES string of the molecule is COc1cc2c(cc1OCc1ccc(OC3CCN(C(=N)N)C3)cc1)CCN(C(=N)N)C2. The first-order chi connectivity index (χ1) is 15.4. The van der Waals surface area contributed by atoms with Gasteiger partial charge in [0.1, 0.15) is 18.5 Å². The summed E-state index contributed by atoms with van der Waals surface area (Å²) in [6.07, 6.45) is 1.70. The summed E-state index contributed by atoms with van der Waals surface area (Å²) in [4.78, 5) is 3.66. The molecule has 1 fully saturated rings. The summed E-state index contributed by atoms with van der Waals surface area (Å²) in [7, 11) is 1.63. The van der Waals surface area contributed by atoms with Gasteiger partial charge in [0.25, 0.3) is 0 Å². The van der Waals surface area contributed by atoms with Gasteiger partial charge in [-0.1, -0.05) is 12.1 Å². The Hall–Kier alpha value is -3.62. The van der Waals surface area contributed by atoms with Crippen molar-refractivity contribution in [3.8, 4) is 17.2 Å². The van der Waals surface area contributed by atoms with Gasteiger partial charge in [-0.15, -0.1) is 0 Å². The van der Waals surface area contributed by atoms with Gasteiger partial charge in [-0.2, -0.15) is 0 Å². The molecule has 0 radical (unpaired) electrons. The monoisotopic (exact) mass is 438 g/mol. The molecule has 0 bridgehead atoms. The maximum Gasteiger partial charge on any atom is 0.188 e. The van der Waals surface area contributed by atoms with Crippen molar-refractivity contribution in [3.05, 3.63) is 53.1 Å². The van der Waals surface area contributed by atoms with Crippen LogP contribution in [-0.2, 0) is 19.6 Å². The fraction of sp³-hybridized carbons (Fsp3) is 0.391. The van der Waals surface area contributed by atoms with Crippen molar-refractivity contribution in [2.45, 2.75) is 32.1 Å². The van der Waals surface area contributed by atoms with Gasteiger partial charge >= 0.3 is 0 Å². The Morgan fingerprint density at radius 1 is 1.00 bits per heavy atom. The topological polar surface area (TPSA) is 134 Å². The first-order valence-corrected chi connectivity index (χ1v) is 10.7. The van der Waals surface area contributed by atoms with Gasteiger partial charge in [-0.05, 0) is 47.4 Å².